The second kappa shape index (κ2) is 3.00. The smallest absolute Gasteiger partial charge is 0.337 e. The van der Waals surface area contributed by atoms with E-state index in [1.54, 1.807) is 0 Å². The number of carboxylic acids is 1. The Balaban J connectivity index is 3.08. The van der Waals surface area contributed by atoms with Gasteiger partial charge in [-0.15, -0.1) is 0 Å². The third kappa shape index (κ3) is 1.49. The third-order valence-electron chi connectivity index (χ3n) is 1.46. The van der Waals surface area contributed by atoms with Crippen molar-refractivity contribution in [1.29, 1.82) is 0 Å². The van der Waals surface area contributed by atoms with E-state index in [-0.39, 0.29) is 0 Å². The standard InChI is InChI=1S/C7H5F3O2/c8-3-1-4(9)6(7(11)12)5(10)2-3/h1,5H,2H2,(H,11,12)/t5-/m1/s1. The molecule has 1 aliphatic rings. The molecule has 5 heteroatoms. The fraction of sp³-hybridized carbons (Fsp3) is 0.286. The minimum absolute atomic E-state index is 0.388. The van der Waals surface area contributed by atoms with E-state index in [4.69, 9.17) is 5.11 Å². The van der Waals surface area contributed by atoms with Crippen LogP contribution < -0.4 is 0 Å². The zero-order valence-corrected chi connectivity index (χ0v) is 5.85. The highest BCUT2D eigenvalue weighted by Gasteiger charge is 2.29. The number of hydrogen-bond donors (Lipinski definition) is 1. The molecule has 0 saturated carbocycles. The Morgan fingerprint density at radius 3 is 2.58 bits per heavy atom. The average Bonchev–Trinajstić information content (AvgIpc) is 1.82. The molecule has 0 aliphatic heterocycles. The Morgan fingerprint density at radius 1 is 1.58 bits per heavy atom. The number of carboxylic acid groups (broad SMARTS) is 1. The van der Waals surface area contributed by atoms with E-state index in [0.717, 1.165) is 0 Å². The number of allylic oxidation sites excluding steroid dienone is 3. The van der Waals surface area contributed by atoms with Gasteiger partial charge >= 0.3 is 5.97 Å². The van der Waals surface area contributed by atoms with Gasteiger partial charge in [-0.25, -0.2) is 18.0 Å². The van der Waals surface area contributed by atoms with Crippen LogP contribution in [0.1, 0.15) is 6.42 Å². The molecule has 0 aromatic heterocycles. The van der Waals surface area contributed by atoms with Crippen LogP contribution in [0.4, 0.5) is 13.2 Å². The van der Waals surface area contributed by atoms with Gasteiger partial charge < -0.3 is 5.11 Å². The first kappa shape index (κ1) is 8.83. The summed E-state index contributed by atoms with van der Waals surface area (Å²) in [7, 11) is 0. The van der Waals surface area contributed by atoms with Crippen molar-refractivity contribution >= 4 is 5.97 Å². The quantitative estimate of drug-likeness (QED) is 0.665. The van der Waals surface area contributed by atoms with E-state index in [1.807, 2.05) is 0 Å². The van der Waals surface area contributed by atoms with Crippen molar-refractivity contribution in [3.05, 3.63) is 23.3 Å². The molecule has 0 saturated heterocycles. The minimum Gasteiger partial charge on any atom is -0.478 e. The molecule has 1 atom stereocenters. The van der Waals surface area contributed by atoms with Crippen molar-refractivity contribution in [2.75, 3.05) is 0 Å². The van der Waals surface area contributed by atoms with Crippen molar-refractivity contribution in [2.24, 2.45) is 0 Å². The maximum Gasteiger partial charge on any atom is 0.337 e. The summed E-state index contributed by atoms with van der Waals surface area (Å²) in [5, 5.41) is 8.28. The molecule has 0 radical (unpaired) electrons. The van der Waals surface area contributed by atoms with Gasteiger partial charge in [0.15, 0.2) is 0 Å². The van der Waals surface area contributed by atoms with Gasteiger partial charge in [0.05, 0.1) is 0 Å². The highest BCUT2D eigenvalue weighted by atomic mass is 19.2. The molecular weight excluding hydrogens is 173 g/mol. The van der Waals surface area contributed by atoms with Crippen LogP contribution in [0.5, 0.6) is 0 Å². The number of carbonyl (C=O) groups is 1. The van der Waals surface area contributed by atoms with E-state index in [1.165, 1.54) is 0 Å². The van der Waals surface area contributed by atoms with Gasteiger partial charge in [-0.2, -0.15) is 0 Å². The maximum atomic E-state index is 12.6. The highest BCUT2D eigenvalue weighted by Crippen LogP contribution is 2.28. The normalized spacial score (nSPS) is 23.9. The molecule has 0 aromatic rings. The molecule has 0 fully saturated rings. The largest absolute Gasteiger partial charge is 0.478 e. The first-order valence-electron chi connectivity index (χ1n) is 3.15. The maximum absolute atomic E-state index is 12.6. The molecule has 1 aliphatic carbocycles. The molecule has 0 unspecified atom stereocenters. The van der Waals surface area contributed by atoms with Crippen LogP contribution in [-0.4, -0.2) is 17.2 Å². The van der Waals surface area contributed by atoms with E-state index < -0.39 is 35.8 Å². The van der Waals surface area contributed by atoms with Gasteiger partial charge in [0.2, 0.25) is 0 Å². The lowest BCUT2D eigenvalue weighted by Gasteiger charge is -2.12. The minimum atomic E-state index is -2.09. The van der Waals surface area contributed by atoms with Crippen LogP contribution in [0.25, 0.3) is 0 Å². The fourth-order valence-electron chi connectivity index (χ4n) is 0.933. The number of halogens is 3. The zero-order valence-electron chi connectivity index (χ0n) is 5.85. The topological polar surface area (TPSA) is 37.3 Å². The SMILES string of the molecule is O=C(O)C1=C(F)C=C(F)C[C@H]1F. The molecule has 2 nitrogen and oxygen atoms in total. The van der Waals surface area contributed by atoms with Gasteiger partial charge in [-0.05, 0) is 0 Å². The van der Waals surface area contributed by atoms with Crippen LogP contribution in [0, 0.1) is 0 Å². The number of rotatable bonds is 1. The molecule has 66 valence electrons. The van der Waals surface area contributed by atoms with Crippen molar-refractivity contribution in [2.45, 2.75) is 12.6 Å². The van der Waals surface area contributed by atoms with Crippen molar-refractivity contribution in [3.63, 3.8) is 0 Å². The number of aliphatic carboxylic acids is 1. The summed E-state index contributed by atoms with van der Waals surface area (Å²) in [6, 6.07) is 0. The Labute approximate surface area is 66.0 Å². The van der Waals surface area contributed by atoms with E-state index in [2.05, 4.69) is 0 Å². The Kier molecular flexibility index (Phi) is 2.21. The van der Waals surface area contributed by atoms with E-state index in [9.17, 15) is 18.0 Å². The Morgan fingerprint density at radius 2 is 2.17 bits per heavy atom. The summed E-state index contributed by atoms with van der Waals surface area (Å²) in [4.78, 5) is 10.2. The van der Waals surface area contributed by atoms with Crippen molar-refractivity contribution in [1.82, 2.24) is 0 Å². The third-order valence-corrected chi connectivity index (χ3v) is 1.46. The highest BCUT2D eigenvalue weighted by molar-refractivity contribution is 5.89. The van der Waals surface area contributed by atoms with Crippen LogP contribution in [0.2, 0.25) is 0 Å². The summed E-state index contributed by atoms with van der Waals surface area (Å²) >= 11 is 0. The lowest BCUT2D eigenvalue weighted by atomic mass is 10.0. The Bertz CT molecular complexity index is 280. The first-order valence-corrected chi connectivity index (χ1v) is 3.15. The zero-order chi connectivity index (χ0) is 9.30. The van der Waals surface area contributed by atoms with Crippen LogP contribution in [0.15, 0.2) is 23.3 Å². The molecule has 0 aromatic carbocycles. The molecule has 12 heavy (non-hydrogen) atoms. The second-order valence-electron chi connectivity index (χ2n) is 2.33. The van der Waals surface area contributed by atoms with Crippen molar-refractivity contribution < 1.29 is 23.1 Å². The molecule has 0 bridgehead atoms. The molecule has 0 spiro atoms. The molecule has 0 amide bonds. The van der Waals surface area contributed by atoms with Gasteiger partial charge in [-0.1, -0.05) is 0 Å². The lowest BCUT2D eigenvalue weighted by Crippen LogP contribution is -2.18. The Hall–Kier alpha value is -1.26. The summed E-state index contributed by atoms with van der Waals surface area (Å²) in [5.41, 5.74) is -1.00. The van der Waals surface area contributed by atoms with Gasteiger partial charge in [0.1, 0.15) is 23.4 Å². The predicted octanol–water partition coefficient (Wildman–Crippen LogP) is 1.89. The number of hydrogen-bond acceptors (Lipinski definition) is 1. The molecule has 0 heterocycles. The molecule has 1 rings (SSSR count). The van der Waals surface area contributed by atoms with Gasteiger partial charge in [0, 0.05) is 12.5 Å². The van der Waals surface area contributed by atoms with Crippen molar-refractivity contribution in [3.8, 4) is 0 Å². The first-order chi connectivity index (χ1) is 5.52. The summed E-state index contributed by atoms with van der Waals surface area (Å²) in [6.45, 7) is 0. The summed E-state index contributed by atoms with van der Waals surface area (Å²) < 4.78 is 37.5. The average molecular weight is 178 g/mol. The lowest BCUT2D eigenvalue weighted by molar-refractivity contribution is -0.133. The van der Waals surface area contributed by atoms with Crippen LogP contribution >= 0.6 is 0 Å². The fourth-order valence-corrected chi connectivity index (χ4v) is 0.933. The van der Waals surface area contributed by atoms with E-state index >= 15 is 0 Å². The second-order valence-corrected chi connectivity index (χ2v) is 2.33. The predicted molar refractivity (Wildman–Crippen MR) is 34.5 cm³/mol. The van der Waals surface area contributed by atoms with Crippen LogP contribution in [0.3, 0.4) is 0 Å². The molecule has 1 N–H and O–H groups in total. The number of alkyl halides is 1. The summed E-state index contributed by atoms with van der Waals surface area (Å²) in [6.07, 6.45) is -2.40. The summed E-state index contributed by atoms with van der Waals surface area (Å²) in [5.74, 6) is -4.02. The van der Waals surface area contributed by atoms with Crippen LogP contribution in [-0.2, 0) is 4.79 Å². The van der Waals surface area contributed by atoms with Gasteiger partial charge in [-0.3, -0.25) is 0 Å². The van der Waals surface area contributed by atoms with Gasteiger partial charge in [0.25, 0.3) is 0 Å². The monoisotopic (exact) mass is 178 g/mol. The van der Waals surface area contributed by atoms with E-state index in [0.29, 0.717) is 6.08 Å². The molecular formula is C7H5F3O2.